The first-order chi connectivity index (χ1) is 12.7. The number of nitrogens with zero attached hydrogens (tertiary/aromatic N) is 5. The van der Waals surface area contributed by atoms with Crippen LogP contribution in [0.4, 0.5) is 0 Å². The highest BCUT2D eigenvalue weighted by molar-refractivity contribution is 7.98. The van der Waals surface area contributed by atoms with E-state index in [0.29, 0.717) is 0 Å². The summed E-state index contributed by atoms with van der Waals surface area (Å²) in [7, 11) is 1.68. The summed E-state index contributed by atoms with van der Waals surface area (Å²) >= 11 is 3.23. The molecule has 3 heterocycles. The maximum Gasteiger partial charge on any atom is 0.197 e. The Labute approximate surface area is 159 Å². The van der Waals surface area contributed by atoms with Crippen molar-refractivity contribution in [3.63, 3.8) is 0 Å². The zero-order valence-electron chi connectivity index (χ0n) is 14.6. The average Bonchev–Trinajstić information content (AvgIpc) is 3.26. The summed E-state index contributed by atoms with van der Waals surface area (Å²) in [6.07, 6.45) is 0. The minimum absolute atomic E-state index is 0.722. The van der Waals surface area contributed by atoms with Gasteiger partial charge >= 0.3 is 0 Å². The largest absolute Gasteiger partial charge is 0.496 e. The molecular formula is C18H17N5OS2. The predicted octanol–water partition coefficient (Wildman–Crippen LogP) is 4.17. The number of thioether (sulfide) groups is 1. The monoisotopic (exact) mass is 383 g/mol. The van der Waals surface area contributed by atoms with Crippen molar-refractivity contribution in [2.75, 3.05) is 7.11 Å². The molecule has 0 bridgehead atoms. The number of hydrogen-bond acceptors (Lipinski definition) is 7. The zero-order chi connectivity index (χ0) is 18.1. The first kappa shape index (κ1) is 17.0. The van der Waals surface area contributed by atoms with Crippen molar-refractivity contribution in [3.8, 4) is 16.3 Å². The number of rotatable bonds is 5. The van der Waals surface area contributed by atoms with Crippen LogP contribution in [0.15, 0.2) is 40.9 Å². The standard InChI is InChI=1S/C18H17N5OS2/c1-11-8-16-21-22-18(23(16)12(2)19-11)26-10-13-9-25-17(20-13)14-6-4-5-7-15(14)24-3/h4-9H,10H2,1-3H3. The molecule has 8 heteroatoms. The van der Waals surface area contributed by atoms with Gasteiger partial charge in [-0.3, -0.25) is 4.40 Å². The Kier molecular flexibility index (Phi) is 4.60. The number of fused-ring (bicyclic) bond motifs is 1. The van der Waals surface area contributed by atoms with Crippen LogP contribution in [0.3, 0.4) is 0 Å². The number of thiazole rings is 1. The lowest BCUT2D eigenvalue weighted by Crippen LogP contribution is -1.98. The van der Waals surface area contributed by atoms with Crippen LogP contribution in [-0.2, 0) is 5.75 Å². The van der Waals surface area contributed by atoms with Gasteiger partial charge in [0.1, 0.15) is 16.6 Å². The van der Waals surface area contributed by atoms with Gasteiger partial charge in [0.05, 0.1) is 18.4 Å². The normalized spacial score (nSPS) is 11.2. The highest BCUT2D eigenvalue weighted by Crippen LogP contribution is 2.33. The van der Waals surface area contributed by atoms with Gasteiger partial charge in [-0.2, -0.15) is 0 Å². The van der Waals surface area contributed by atoms with Gasteiger partial charge in [-0.05, 0) is 26.0 Å². The summed E-state index contributed by atoms with van der Waals surface area (Å²) in [5.74, 6) is 2.45. The molecule has 0 aliphatic rings. The molecule has 0 amide bonds. The van der Waals surface area contributed by atoms with Crippen molar-refractivity contribution in [2.45, 2.75) is 24.8 Å². The third kappa shape index (κ3) is 3.17. The van der Waals surface area contributed by atoms with Crippen LogP contribution in [0, 0.1) is 13.8 Å². The topological polar surface area (TPSA) is 65.2 Å². The summed E-state index contributed by atoms with van der Waals surface area (Å²) in [6, 6.07) is 9.87. The van der Waals surface area contributed by atoms with Crippen molar-refractivity contribution < 1.29 is 4.74 Å². The van der Waals surface area contributed by atoms with E-state index >= 15 is 0 Å². The molecule has 0 aliphatic carbocycles. The Hall–Kier alpha value is -2.45. The Balaban J connectivity index is 1.56. The molecule has 0 saturated heterocycles. The van der Waals surface area contributed by atoms with Gasteiger partial charge in [-0.25, -0.2) is 9.97 Å². The van der Waals surface area contributed by atoms with Gasteiger partial charge in [0, 0.05) is 22.9 Å². The molecule has 0 saturated carbocycles. The molecule has 6 nitrogen and oxygen atoms in total. The smallest absolute Gasteiger partial charge is 0.197 e. The van der Waals surface area contributed by atoms with Gasteiger partial charge in [0.15, 0.2) is 10.8 Å². The Morgan fingerprint density at radius 3 is 2.85 bits per heavy atom. The Morgan fingerprint density at radius 2 is 2.00 bits per heavy atom. The fraction of sp³-hybridized carbons (Fsp3) is 0.222. The molecule has 4 aromatic rings. The number of hydrogen-bond donors (Lipinski definition) is 0. The highest BCUT2D eigenvalue weighted by Gasteiger charge is 2.13. The second-order valence-corrected chi connectivity index (χ2v) is 7.55. The van der Waals surface area contributed by atoms with Crippen LogP contribution < -0.4 is 4.74 Å². The summed E-state index contributed by atoms with van der Waals surface area (Å²) < 4.78 is 7.41. The molecule has 26 heavy (non-hydrogen) atoms. The molecule has 0 unspecified atom stereocenters. The van der Waals surface area contributed by atoms with Crippen molar-refractivity contribution >= 4 is 28.7 Å². The summed E-state index contributed by atoms with van der Waals surface area (Å²) in [5.41, 5.74) is 3.79. The minimum Gasteiger partial charge on any atom is -0.496 e. The molecular weight excluding hydrogens is 366 g/mol. The molecule has 4 rings (SSSR count). The number of para-hydroxylation sites is 1. The molecule has 132 valence electrons. The number of methoxy groups -OCH3 is 1. The van der Waals surface area contributed by atoms with E-state index in [1.54, 1.807) is 30.2 Å². The molecule has 0 atom stereocenters. The summed E-state index contributed by atoms with van der Waals surface area (Å²) in [4.78, 5) is 9.24. The van der Waals surface area contributed by atoms with E-state index in [1.807, 2.05) is 48.6 Å². The molecule has 0 N–H and O–H groups in total. The van der Waals surface area contributed by atoms with Gasteiger partial charge in [-0.1, -0.05) is 23.9 Å². The summed E-state index contributed by atoms with van der Waals surface area (Å²) in [5, 5.41) is 12.4. The third-order valence-corrected chi connectivity index (χ3v) is 5.78. The molecule has 1 aromatic carbocycles. The van der Waals surface area contributed by atoms with Crippen LogP contribution in [0.2, 0.25) is 0 Å². The number of aromatic nitrogens is 5. The molecule has 0 fully saturated rings. The Morgan fingerprint density at radius 1 is 1.15 bits per heavy atom. The lowest BCUT2D eigenvalue weighted by Gasteiger charge is -2.04. The maximum absolute atomic E-state index is 5.43. The number of benzene rings is 1. The van der Waals surface area contributed by atoms with Crippen LogP contribution in [0.1, 0.15) is 17.2 Å². The van der Waals surface area contributed by atoms with E-state index in [9.17, 15) is 0 Å². The average molecular weight is 384 g/mol. The van der Waals surface area contributed by atoms with Crippen molar-refractivity contribution in [1.29, 1.82) is 0 Å². The fourth-order valence-corrected chi connectivity index (χ4v) is 4.59. The molecule has 0 aliphatic heterocycles. The summed E-state index contributed by atoms with van der Waals surface area (Å²) in [6.45, 7) is 3.93. The van der Waals surface area contributed by atoms with E-state index in [0.717, 1.165) is 50.1 Å². The molecule has 0 spiro atoms. The van der Waals surface area contributed by atoms with E-state index < -0.39 is 0 Å². The van der Waals surface area contributed by atoms with Crippen molar-refractivity contribution in [2.24, 2.45) is 0 Å². The molecule has 0 radical (unpaired) electrons. The van der Waals surface area contributed by atoms with E-state index in [4.69, 9.17) is 9.72 Å². The molecule has 3 aromatic heterocycles. The fourth-order valence-electron chi connectivity index (χ4n) is 2.75. The predicted molar refractivity (Wildman–Crippen MR) is 104 cm³/mol. The Bertz CT molecular complexity index is 1070. The van der Waals surface area contributed by atoms with Crippen LogP contribution in [0.25, 0.3) is 16.2 Å². The third-order valence-electron chi connectivity index (χ3n) is 3.90. The van der Waals surface area contributed by atoms with Crippen molar-refractivity contribution in [1.82, 2.24) is 24.6 Å². The number of ether oxygens (including phenoxy) is 1. The van der Waals surface area contributed by atoms with Crippen molar-refractivity contribution in [3.05, 3.63) is 52.9 Å². The SMILES string of the molecule is COc1ccccc1-c1nc(CSc2nnc3cc(C)nc(C)n23)cs1. The second-order valence-electron chi connectivity index (χ2n) is 5.75. The van der Waals surface area contributed by atoms with Gasteiger partial charge in [0.2, 0.25) is 0 Å². The van der Waals surface area contributed by atoms with Crippen LogP contribution in [0.5, 0.6) is 5.75 Å². The van der Waals surface area contributed by atoms with E-state index in [1.165, 1.54) is 0 Å². The quantitative estimate of drug-likeness (QED) is 0.482. The second kappa shape index (κ2) is 7.05. The zero-order valence-corrected chi connectivity index (χ0v) is 16.3. The maximum atomic E-state index is 5.43. The highest BCUT2D eigenvalue weighted by atomic mass is 32.2. The van der Waals surface area contributed by atoms with Gasteiger partial charge in [-0.15, -0.1) is 21.5 Å². The van der Waals surface area contributed by atoms with Gasteiger partial charge < -0.3 is 4.74 Å². The van der Waals surface area contributed by atoms with E-state index in [-0.39, 0.29) is 0 Å². The lowest BCUT2D eigenvalue weighted by molar-refractivity contribution is 0.416. The van der Waals surface area contributed by atoms with Crippen LogP contribution in [-0.4, -0.2) is 31.7 Å². The first-order valence-electron chi connectivity index (χ1n) is 8.05. The minimum atomic E-state index is 0.722. The van der Waals surface area contributed by atoms with Crippen LogP contribution >= 0.6 is 23.1 Å². The van der Waals surface area contributed by atoms with E-state index in [2.05, 4.69) is 20.6 Å². The first-order valence-corrected chi connectivity index (χ1v) is 9.92. The lowest BCUT2D eigenvalue weighted by atomic mass is 10.2. The van der Waals surface area contributed by atoms with Gasteiger partial charge in [0.25, 0.3) is 0 Å². The number of aryl methyl sites for hydroxylation is 2.